The van der Waals surface area contributed by atoms with E-state index in [1.165, 1.54) is 12.1 Å². The zero-order chi connectivity index (χ0) is 15.1. The molecule has 0 aliphatic carbocycles. The summed E-state index contributed by atoms with van der Waals surface area (Å²) in [6.45, 7) is -0.788. The number of alkyl halides is 3. The minimum absolute atomic E-state index is 0.00331. The first-order valence-electron chi connectivity index (χ1n) is 5.60. The third-order valence-electron chi connectivity index (χ3n) is 2.20. The molecule has 0 saturated carbocycles. The number of halogens is 3. The van der Waals surface area contributed by atoms with Crippen LogP contribution in [0.25, 0.3) is 0 Å². The van der Waals surface area contributed by atoms with Crippen molar-refractivity contribution in [2.45, 2.75) is 12.5 Å². The Hall–Kier alpha value is -1.67. The zero-order valence-corrected chi connectivity index (χ0v) is 11.0. The first-order valence-corrected chi connectivity index (χ1v) is 6.14. The van der Waals surface area contributed by atoms with Crippen molar-refractivity contribution in [1.82, 2.24) is 0 Å². The van der Waals surface area contributed by atoms with Crippen molar-refractivity contribution in [3.63, 3.8) is 0 Å². The summed E-state index contributed by atoms with van der Waals surface area (Å²) in [5, 5.41) is 22.7. The van der Waals surface area contributed by atoms with Crippen LogP contribution in [0.2, 0.25) is 0 Å². The molecule has 0 radical (unpaired) electrons. The SMILES string of the molecule is O=[N+]([O-])c1cc(NCC(O)CCl)cc(OCC(F)F)c1. The van der Waals surface area contributed by atoms with Crippen LogP contribution in [-0.2, 0) is 0 Å². The Morgan fingerprint density at radius 2 is 2.15 bits per heavy atom. The molecule has 1 aromatic carbocycles. The van der Waals surface area contributed by atoms with Gasteiger partial charge in [-0.3, -0.25) is 10.1 Å². The molecule has 20 heavy (non-hydrogen) atoms. The van der Waals surface area contributed by atoms with Crippen LogP contribution in [0.3, 0.4) is 0 Å². The van der Waals surface area contributed by atoms with Gasteiger partial charge in [0.1, 0.15) is 12.4 Å². The molecule has 0 saturated heterocycles. The maximum absolute atomic E-state index is 12.1. The largest absolute Gasteiger partial charge is 0.487 e. The highest BCUT2D eigenvalue weighted by Crippen LogP contribution is 2.26. The molecule has 0 aliphatic heterocycles. The van der Waals surface area contributed by atoms with Crippen LogP contribution >= 0.6 is 11.6 Å². The van der Waals surface area contributed by atoms with Crippen LogP contribution < -0.4 is 10.1 Å². The highest BCUT2D eigenvalue weighted by molar-refractivity contribution is 6.18. The second-order valence-corrected chi connectivity index (χ2v) is 4.17. The molecule has 9 heteroatoms. The number of aliphatic hydroxyl groups excluding tert-OH is 1. The Labute approximate surface area is 118 Å². The summed E-state index contributed by atoms with van der Waals surface area (Å²) in [5.41, 5.74) is -0.0349. The Bertz CT molecular complexity index is 462. The zero-order valence-electron chi connectivity index (χ0n) is 10.3. The molecule has 1 unspecified atom stereocenters. The van der Waals surface area contributed by atoms with Crippen molar-refractivity contribution in [3.05, 3.63) is 28.3 Å². The molecular formula is C11H13ClF2N2O4. The fourth-order valence-corrected chi connectivity index (χ4v) is 1.43. The van der Waals surface area contributed by atoms with Gasteiger partial charge in [-0.15, -0.1) is 11.6 Å². The molecule has 0 amide bonds. The van der Waals surface area contributed by atoms with Gasteiger partial charge >= 0.3 is 0 Å². The lowest BCUT2D eigenvalue weighted by Crippen LogP contribution is -2.20. The standard InChI is InChI=1S/C11H13ClF2N2O4/c12-4-9(17)5-15-7-1-8(16(18)19)3-10(2-7)20-6-11(13)14/h1-3,9,11,15,17H,4-6H2. The maximum Gasteiger partial charge on any atom is 0.275 e. The Morgan fingerprint density at radius 1 is 1.45 bits per heavy atom. The van der Waals surface area contributed by atoms with E-state index in [-0.39, 0.29) is 29.5 Å². The second-order valence-electron chi connectivity index (χ2n) is 3.86. The molecule has 1 aromatic rings. The van der Waals surface area contributed by atoms with E-state index < -0.39 is 24.1 Å². The first-order chi connectivity index (χ1) is 9.42. The van der Waals surface area contributed by atoms with Gasteiger partial charge in [-0.05, 0) is 0 Å². The molecule has 0 fully saturated rings. The molecule has 0 spiro atoms. The molecule has 6 nitrogen and oxygen atoms in total. The van der Waals surface area contributed by atoms with Gasteiger partial charge in [-0.1, -0.05) is 0 Å². The van der Waals surface area contributed by atoms with Gasteiger partial charge in [0.25, 0.3) is 12.1 Å². The minimum Gasteiger partial charge on any atom is -0.487 e. The number of nitro groups is 1. The predicted molar refractivity (Wildman–Crippen MR) is 69.8 cm³/mol. The lowest BCUT2D eigenvalue weighted by atomic mass is 10.2. The lowest BCUT2D eigenvalue weighted by Gasteiger charge is -2.12. The molecule has 1 atom stereocenters. The first kappa shape index (κ1) is 16.4. The molecule has 2 N–H and O–H groups in total. The number of ether oxygens (including phenoxy) is 1. The van der Waals surface area contributed by atoms with Crippen molar-refractivity contribution < 1.29 is 23.5 Å². The van der Waals surface area contributed by atoms with E-state index in [1.807, 2.05) is 0 Å². The molecular weight excluding hydrogens is 298 g/mol. The number of benzene rings is 1. The molecule has 0 aliphatic rings. The number of non-ortho nitro benzene ring substituents is 1. The smallest absolute Gasteiger partial charge is 0.275 e. The van der Waals surface area contributed by atoms with E-state index in [2.05, 4.69) is 5.32 Å². The number of rotatable bonds is 8. The Morgan fingerprint density at radius 3 is 2.70 bits per heavy atom. The average molecular weight is 311 g/mol. The van der Waals surface area contributed by atoms with Gasteiger partial charge in [-0.25, -0.2) is 8.78 Å². The molecule has 1 rings (SSSR count). The van der Waals surface area contributed by atoms with E-state index in [0.717, 1.165) is 6.07 Å². The third kappa shape index (κ3) is 5.54. The summed E-state index contributed by atoms with van der Waals surface area (Å²) in [7, 11) is 0. The normalized spacial score (nSPS) is 12.2. The minimum atomic E-state index is -2.68. The Balaban J connectivity index is 2.84. The van der Waals surface area contributed by atoms with Gasteiger partial charge < -0.3 is 15.2 Å². The number of anilines is 1. The van der Waals surface area contributed by atoms with Crippen molar-refractivity contribution in [2.75, 3.05) is 24.3 Å². The Kier molecular flexibility index (Phi) is 6.40. The number of hydrogen-bond acceptors (Lipinski definition) is 5. The second kappa shape index (κ2) is 7.81. The van der Waals surface area contributed by atoms with Gasteiger partial charge in [-0.2, -0.15) is 0 Å². The van der Waals surface area contributed by atoms with Crippen molar-refractivity contribution in [1.29, 1.82) is 0 Å². The number of hydrogen-bond donors (Lipinski definition) is 2. The molecule has 0 heterocycles. The fraction of sp³-hybridized carbons (Fsp3) is 0.455. The van der Waals surface area contributed by atoms with Crippen LogP contribution in [0.15, 0.2) is 18.2 Å². The summed E-state index contributed by atoms with van der Waals surface area (Å²) < 4.78 is 28.9. The topological polar surface area (TPSA) is 84.6 Å². The number of nitrogens with zero attached hydrogens (tertiary/aromatic N) is 1. The average Bonchev–Trinajstić information content (AvgIpc) is 2.42. The van der Waals surface area contributed by atoms with E-state index in [0.29, 0.717) is 0 Å². The van der Waals surface area contributed by atoms with Crippen LogP contribution in [0, 0.1) is 10.1 Å². The van der Waals surface area contributed by atoms with E-state index in [4.69, 9.17) is 16.3 Å². The maximum atomic E-state index is 12.1. The van der Waals surface area contributed by atoms with Crippen LogP contribution in [0.1, 0.15) is 0 Å². The van der Waals surface area contributed by atoms with Crippen LogP contribution in [-0.4, -0.2) is 41.6 Å². The van der Waals surface area contributed by atoms with Crippen molar-refractivity contribution in [2.24, 2.45) is 0 Å². The molecule has 0 aromatic heterocycles. The summed E-state index contributed by atoms with van der Waals surface area (Å²) >= 11 is 5.41. The number of nitro benzene ring substituents is 1. The molecule has 0 bridgehead atoms. The van der Waals surface area contributed by atoms with E-state index in [1.54, 1.807) is 0 Å². The van der Waals surface area contributed by atoms with Gasteiger partial charge in [0.2, 0.25) is 0 Å². The highest BCUT2D eigenvalue weighted by Gasteiger charge is 2.13. The van der Waals surface area contributed by atoms with Gasteiger partial charge in [0.15, 0.2) is 0 Å². The van der Waals surface area contributed by atoms with Gasteiger partial charge in [0.05, 0.1) is 23.0 Å². The third-order valence-corrected chi connectivity index (χ3v) is 2.55. The van der Waals surface area contributed by atoms with Crippen molar-refractivity contribution >= 4 is 23.0 Å². The van der Waals surface area contributed by atoms with Crippen molar-refractivity contribution in [3.8, 4) is 5.75 Å². The van der Waals surface area contributed by atoms with E-state index >= 15 is 0 Å². The monoisotopic (exact) mass is 310 g/mol. The van der Waals surface area contributed by atoms with Gasteiger partial charge in [0, 0.05) is 24.4 Å². The highest BCUT2D eigenvalue weighted by atomic mass is 35.5. The number of aliphatic hydroxyl groups is 1. The summed E-state index contributed by atoms with van der Waals surface area (Å²) in [6.07, 6.45) is -3.51. The summed E-state index contributed by atoms with van der Waals surface area (Å²) in [5.74, 6) is -0.0567. The van der Waals surface area contributed by atoms with Crippen LogP contribution in [0.5, 0.6) is 5.75 Å². The lowest BCUT2D eigenvalue weighted by molar-refractivity contribution is -0.384. The predicted octanol–water partition coefficient (Wildman–Crippen LogP) is 2.25. The van der Waals surface area contributed by atoms with E-state index in [9.17, 15) is 24.0 Å². The van der Waals surface area contributed by atoms with Crippen LogP contribution in [0.4, 0.5) is 20.2 Å². The summed E-state index contributed by atoms with van der Waals surface area (Å²) in [4.78, 5) is 10.1. The molecule has 112 valence electrons. The number of nitrogens with one attached hydrogen (secondary N) is 1. The quantitative estimate of drug-likeness (QED) is 0.437. The fourth-order valence-electron chi connectivity index (χ4n) is 1.32. The summed E-state index contributed by atoms with van der Waals surface area (Å²) in [6, 6.07) is 3.58.